The molecule has 0 aliphatic heterocycles. The Labute approximate surface area is 173 Å². The lowest BCUT2D eigenvalue weighted by Crippen LogP contribution is -2.44. The van der Waals surface area contributed by atoms with Crippen LogP contribution < -0.4 is 19.5 Å². The summed E-state index contributed by atoms with van der Waals surface area (Å²) < 4.78 is 17.1. The van der Waals surface area contributed by atoms with E-state index in [9.17, 15) is 4.79 Å². The summed E-state index contributed by atoms with van der Waals surface area (Å²) in [5.74, 6) is 1.98. The first-order chi connectivity index (χ1) is 14.1. The fourth-order valence-corrected chi connectivity index (χ4v) is 3.60. The van der Waals surface area contributed by atoms with Crippen molar-refractivity contribution < 1.29 is 19.0 Å². The molecule has 1 amide bonds. The van der Waals surface area contributed by atoms with Crippen LogP contribution in [-0.4, -0.2) is 31.8 Å². The van der Waals surface area contributed by atoms with Gasteiger partial charge in [-0.2, -0.15) is 0 Å². The Morgan fingerprint density at radius 3 is 2.52 bits per heavy atom. The van der Waals surface area contributed by atoms with E-state index >= 15 is 0 Å². The Kier molecular flexibility index (Phi) is 7.39. The summed E-state index contributed by atoms with van der Waals surface area (Å²) in [4.78, 5) is 12.7. The highest BCUT2D eigenvalue weighted by Gasteiger charge is 2.21. The maximum Gasteiger partial charge on any atom is 0.261 e. The molecule has 0 unspecified atom stereocenters. The second-order valence-corrected chi connectivity index (χ2v) is 7.52. The van der Waals surface area contributed by atoms with Crippen molar-refractivity contribution in [3.05, 3.63) is 53.6 Å². The maximum atomic E-state index is 12.7. The highest BCUT2D eigenvalue weighted by atomic mass is 16.5. The number of rotatable bonds is 9. The number of para-hydroxylation sites is 2. The third-order valence-electron chi connectivity index (χ3n) is 5.21. The van der Waals surface area contributed by atoms with Crippen LogP contribution in [0.15, 0.2) is 42.5 Å². The predicted octanol–water partition coefficient (Wildman–Crippen LogP) is 4.32. The number of aryl methyl sites for hydroxylation is 2. The lowest BCUT2D eigenvalue weighted by molar-refractivity contribution is -0.128. The average molecular weight is 398 g/mol. The van der Waals surface area contributed by atoms with Gasteiger partial charge in [-0.05, 0) is 74.4 Å². The molecule has 5 heteroatoms. The van der Waals surface area contributed by atoms with Crippen LogP contribution in [0.1, 0.15) is 44.2 Å². The van der Waals surface area contributed by atoms with Gasteiger partial charge in [0.2, 0.25) is 0 Å². The summed E-state index contributed by atoms with van der Waals surface area (Å²) in [7, 11) is 1.61. The monoisotopic (exact) mass is 397 g/mol. The number of methoxy groups -OCH3 is 1. The molecule has 2 aromatic carbocycles. The third-order valence-corrected chi connectivity index (χ3v) is 5.21. The molecule has 0 aromatic heterocycles. The van der Waals surface area contributed by atoms with Gasteiger partial charge in [0.15, 0.2) is 17.6 Å². The number of fused-ring (bicyclic) bond motifs is 1. The van der Waals surface area contributed by atoms with Crippen molar-refractivity contribution in [2.45, 2.75) is 58.1 Å². The first kappa shape index (κ1) is 21.0. The third kappa shape index (κ3) is 5.66. The van der Waals surface area contributed by atoms with E-state index < -0.39 is 6.10 Å². The van der Waals surface area contributed by atoms with E-state index in [1.165, 1.54) is 24.0 Å². The first-order valence-corrected chi connectivity index (χ1v) is 10.4. The molecule has 1 N–H and O–H groups in total. The van der Waals surface area contributed by atoms with E-state index in [0.29, 0.717) is 24.5 Å². The molecule has 0 saturated heterocycles. The molecule has 3 rings (SSSR count). The van der Waals surface area contributed by atoms with Gasteiger partial charge in [0, 0.05) is 0 Å². The number of hydrogen-bond donors (Lipinski definition) is 1. The standard InChI is InChI=1S/C24H31NO4/c1-4-21(29-20-14-13-18-9-5-6-10-19(18)15-20)24(26)25-17(2)16-28-23-12-8-7-11-22(23)27-3/h7-8,11-15,17,21H,4-6,9-10,16H2,1-3H3,(H,25,26)/t17-,21+/m1/s1. The Hall–Kier alpha value is -2.69. The fourth-order valence-electron chi connectivity index (χ4n) is 3.60. The second-order valence-electron chi connectivity index (χ2n) is 7.52. The summed E-state index contributed by atoms with van der Waals surface area (Å²) >= 11 is 0. The van der Waals surface area contributed by atoms with Crippen LogP contribution in [0.25, 0.3) is 0 Å². The van der Waals surface area contributed by atoms with E-state index in [-0.39, 0.29) is 11.9 Å². The summed E-state index contributed by atoms with van der Waals surface area (Å²) in [6.45, 7) is 4.22. The van der Waals surface area contributed by atoms with E-state index in [1.54, 1.807) is 7.11 Å². The molecule has 0 fully saturated rings. The minimum Gasteiger partial charge on any atom is -0.493 e. The van der Waals surface area contributed by atoms with Crippen LogP contribution in [0.5, 0.6) is 17.2 Å². The average Bonchev–Trinajstić information content (AvgIpc) is 2.76. The molecule has 156 valence electrons. The topological polar surface area (TPSA) is 56.8 Å². The highest BCUT2D eigenvalue weighted by molar-refractivity contribution is 5.81. The van der Waals surface area contributed by atoms with Crippen LogP contribution in [0.2, 0.25) is 0 Å². The normalized spacial score (nSPS) is 15.0. The molecule has 2 atom stereocenters. The lowest BCUT2D eigenvalue weighted by Gasteiger charge is -2.22. The van der Waals surface area contributed by atoms with E-state index in [0.717, 1.165) is 18.6 Å². The minimum atomic E-state index is -0.523. The van der Waals surface area contributed by atoms with Gasteiger partial charge in [-0.1, -0.05) is 25.1 Å². The zero-order valence-corrected chi connectivity index (χ0v) is 17.6. The Morgan fingerprint density at radius 2 is 1.79 bits per heavy atom. The van der Waals surface area contributed by atoms with Crippen molar-refractivity contribution in [1.82, 2.24) is 5.32 Å². The molecule has 0 bridgehead atoms. The number of nitrogens with one attached hydrogen (secondary N) is 1. The van der Waals surface area contributed by atoms with Crippen molar-refractivity contribution in [3.63, 3.8) is 0 Å². The van der Waals surface area contributed by atoms with Crippen LogP contribution in [0.3, 0.4) is 0 Å². The molecule has 1 aliphatic carbocycles. The van der Waals surface area contributed by atoms with Crippen molar-refractivity contribution in [3.8, 4) is 17.2 Å². The van der Waals surface area contributed by atoms with Gasteiger partial charge in [0.05, 0.1) is 13.2 Å². The number of carbonyl (C=O) groups is 1. The number of hydrogen-bond acceptors (Lipinski definition) is 4. The van der Waals surface area contributed by atoms with Crippen molar-refractivity contribution in [2.75, 3.05) is 13.7 Å². The second kappa shape index (κ2) is 10.2. The molecule has 0 spiro atoms. The Morgan fingerprint density at radius 1 is 1.07 bits per heavy atom. The Balaban J connectivity index is 1.53. The molecular weight excluding hydrogens is 366 g/mol. The zero-order valence-electron chi connectivity index (χ0n) is 17.6. The minimum absolute atomic E-state index is 0.124. The number of ether oxygens (including phenoxy) is 3. The number of amides is 1. The molecule has 0 saturated carbocycles. The van der Waals surface area contributed by atoms with Crippen LogP contribution in [-0.2, 0) is 17.6 Å². The largest absolute Gasteiger partial charge is 0.493 e. The summed E-state index contributed by atoms with van der Waals surface area (Å²) in [5, 5.41) is 2.99. The lowest BCUT2D eigenvalue weighted by atomic mass is 9.92. The van der Waals surface area contributed by atoms with Crippen molar-refractivity contribution in [2.24, 2.45) is 0 Å². The van der Waals surface area contributed by atoms with Gasteiger partial charge in [-0.3, -0.25) is 4.79 Å². The smallest absolute Gasteiger partial charge is 0.261 e. The van der Waals surface area contributed by atoms with E-state index in [1.807, 2.05) is 44.2 Å². The number of benzene rings is 2. The molecule has 0 radical (unpaired) electrons. The zero-order chi connectivity index (χ0) is 20.6. The van der Waals surface area contributed by atoms with Gasteiger partial charge < -0.3 is 19.5 Å². The van der Waals surface area contributed by atoms with Gasteiger partial charge in [-0.15, -0.1) is 0 Å². The van der Waals surface area contributed by atoms with Gasteiger partial charge in [0.1, 0.15) is 12.4 Å². The molecule has 29 heavy (non-hydrogen) atoms. The molecule has 2 aromatic rings. The molecular formula is C24H31NO4. The Bertz CT molecular complexity index is 820. The maximum absolute atomic E-state index is 12.7. The van der Waals surface area contributed by atoms with Crippen LogP contribution in [0.4, 0.5) is 0 Å². The van der Waals surface area contributed by atoms with Crippen molar-refractivity contribution >= 4 is 5.91 Å². The quantitative estimate of drug-likeness (QED) is 0.685. The first-order valence-electron chi connectivity index (χ1n) is 10.4. The fraction of sp³-hybridized carbons (Fsp3) is 0.458. The molecule has 1 aliphatic rings. The SMILES string of the molecule is CC[C@H](Oc1ccc2c(c1)CCCC2)C(=O)N[C@H](C)COc1ccccc1OC. The van der Waals surface area contributed by atoms with Gasteiger partial charge in [-0.25, -0.2) is 0 Å². The van der Waals surface area contributed by atoms with Crippen LogP contribution in [0, 0.1) is 0 Å². The van der Waals surface area contributed by atoms with E-state index in [4.69, 9.17) is 14.2 Å². The highest BCUT2D eigenvalue weighted by Crippen LogP contribution is 2.27. The predicted molar refractivity (Wildman–Crippen MR) is 114 cm³/mol. The van der Waals surface area contributed by atoms with Gasteiger partial charge in [0.25, 0.3) is 5.91 Å². The van der Waals surface area contributed by atoms with E-state index in [2.05, 4.69) is 17.4 Å². The molecule has 0 heterocycles. The van der Waals surface area contributed by atoms with Crippen molar-refractivity contribution in [1.29, 1.82) is 0 Å². The molecule has 5 nitrogen and oxygen atoms in total. The van der Waals surface area contributed by atoms with Gasteiger partial charge >= 0.3 is 0 Å². The summed E-state index contributed by atoms with van der Waals surface area (Å²) in [6.07, 6.45) is 4.78. The summed E-state index contributed by atoms with van der Waals surface area (Å²) in [5.41, 5.74) is 2.76. The van der Waals surface area contributed by atoms with Crippen LogP contribution >= 0.6 is 0 Å². The number of carbonyl (C=O) groups excluding carboxylic acids is 1. The summed E-state index contributed by atoms with van der Waals surface area (Å²) in [6, 6.07) is 13.5.